The van der Waals surface area contributed by atoms with Gasteiger partial charge in [-0.25, -0.2) is 0 Å². The van der Waals surface area contributed by atoms with Crippen LogP contribution in [0.3, 0.4) is 0 Å². The van der Waals surface area contributed by atoms with Gasteiger partial charge in [-0.1, -0.05) is 39.2 Å². The molecule has 3 rings (SSSR count). The Hall–Kier alpha value is -1.63. The van der Waals surface area contributed by atoms with Crippen LogP contribution in [-0.4, -0.2) is 42.7 Å². The van der Waals surface area contributed by atoms with E-state index in [4.69, 9.17) is 16.3 Å². The van der Waals surface area contributed by atoms with Gasteiger partial charge in [-0.05, 0) is 66.9 Å². The van der Waals surface area contributed by atoms with Crippen molar-refractivity contribution in [2.45, 2.75) is 88.1 Å². The van der Waals surface area contributed by atoms with Crippen LogP contribution in [0.15, 0.2) is 29.4 Å². The van der Waals surface area contributed by atoms with E-state index < -0.39 is 33.4 Å². The van der Waals surface area contributed by atoms with Crippen molar-refractivity contribution in [1.82, 2.24) is 0 Å². The van der Waals surface area contributed by atoms with E-state index in [2.05, 4.69) is 22.0 Å². The lowest BCUT2D eigenvalue weighted by atomic mass is 9.63. The van der Waals surface area contributed by atoms with Crippen molar-refractivity contribution in [3.63, 3.8) is 0 Å². The zero-order chi connectivity index (χ0) is 24.9. The number of aromatic hydroxyl groups is 2. The lowest BCUT2D eigenvalue weighted by Crippen LogP contribution is -2.72. The molecule has 3 atom stereocenters. The SMILES string of the molecule is CC(C)=CCC/C(C)=C/C[C@@]12OC(C)(C)[C@H](Br)C[C@]1(Cl)C(=O)c1c(cc(O)c(C)c1O)C2=O. The first-order valence-electron chi connectivity index (χ1n) is 11.1. The van der Waals surface area contributed by atoms with Crippen molar-refractivity contribution in [3.8, 4) is 11.5 Å². The highest BCUT2D eigenvalue weighted by atomic mass is 79.9. The highest BCUT2D eigenvalue weighted by Gasteiger charge is 2.70. The molecule has 0 spiro atoms. The van der Waals surface area contributed by atoms with Gasteiger partial charge in [-0.15, -0.1) is 11.6 Å². The summed E-state index contributed by atoms with van der Waals surface area (Å²) in [6.07, 6.45) is 6.01. The normalized spacial score (nSPS) is 28.8. The van der Waals surface area contributed by atoms with E-state index in [0.29, 0.717) is 0 Å². The number of phenolic OH excluding ortho intramolecular Hbond substituents is 2. The van der Waals surface area contributed by atoms with Crippen molar-refractivity contribution >= 4 is 39.1 Å². The van der Waals surface area contributed by atoms with E-state index in [1.807, 2.05) is 40.7 Å². The average molecular weight is 540 g/mol. The molecule has 1 saturated heterocycles. The van der Waals surface area contributed by atoms with Gasteiger partial charge in [0.15, 0.2) is 17.2 Å². The molecule has 0 unspecified atom stereocenters. The van der Waals surface area contributed by atoms with E-state index in [1.54, 1.807) is 0 Å². The van der Waals surface area contributed by atoms with Gasteiger partial charge in [0.2, 0.25) is 0 Å². The third-order valence-corrected chi connectivity index (χ3v) is 8.90. The third kappa shape index (κ3) is 4.19. The first-order valence-corrected chi connectivity index (χ1v) is 12.4. The molecule has 1 heterocycles. The first kappa shape index (κ1) is 26.0. The van der Waals surface area contributed by atoms with Gasteiger partial charge in [-0.2, -0.15) is 0 Å². The van der Waals surface area contributed by atoms with Gasteiger partial charge in [-0.3, -0.25) is 9.59 Å². The zero-order valence-electron chi connectivity index (χ0n) is 20.0. The van der Waals surface area contributed by atoms with Gasteiger partial charge in [0.05, 0.1) is 11.2 Å². The predicted molar refractivity (Wildman–Crippen MR) is 134 cm³/mol. The molecule has 1 aromatic rings. The van der Waals surface area contributed by atoms with Gasteiger partial charge in [0, 0.05) is 22.4 Å². The number of halogens is 2. The van der Waals surface area contributed by atoms with Crippen LogP contribution < -0.4 is 0 Å². The Balaban J connectivity index is 2.17. The molecule has 1 aliphatic carbocycles. The van der Waals surface area contributed by atoms with Crippen LogP contribution in [-0.2, 0) is 4.74 Å². The highest BCUT2D eigenvalue weighted by molar-refractivity contribution is 9.09. The molecule has 0 bridgehead atoms. The lowest BCUT2D eigenvalue weighted by molar-refractivity contribution is -0.154. The maximum absolute atomic E-state index is 14.0. The van der Waals surface area contributed by atoms with E-state index in [1.165, 1.54) is 18.6 Å². The van der Waals surface area contributed by atoms with Crippen LogP contribution >= 0.6 is 27.5 Å². The Bertz CT molecular complexity index is 1070. The van der Waals surface area contributed by atoms with Gasteiger partial charge < -0.3 is 14.9 Å². The fourth-order valence-electron chi connectivity index (χ4n) is 4.64. The van der Waals surface area contributed by atoms with Crippen molar-refractivity contribution in [2.24, 2.45) is 0 Å². The highest BCUT2D eigenvalue weighted by Crippen LogP contribution is 2.57. The second kappa shape index (κ2) is 8.86. The van der Waals surface area contributed by atoms with Crippen LogP contribution in [0.4, 0.5) is 0 Å². The number of Topliss-reactive ketones (excluding diaryl/α,β-unsaturated/α-hetero) is 2. The minimum absolute atomic E-state index is 0.0590. The average Bonchev–Trinajstić information content (AvgIpc) is 2.71. The number of phenols is 2. The second-order valence-corrected chi connectivity index (χ2v) is 11.8. The number of rotatable bonds is 5. The number of hydrogen-bond acceptors (Lipinski definition) is 5. The van der Waals surface area contributed by atoms with E-state index in [-0.39, 0.29) is 40.1 Å². The Kier molecular flexibility index (Phi) is 6.98. The number of alkyl halides is 2. The minimum Gasteiger partial charge on any atom is -0.508 e. The molecule has 1 fully saturated rings. The van der Waals surface area contributed by atoms with Gasteiger partial charge >= 0.3 is 0 Å². The predicted octanol–water partition coefficient (Wildman–Crippen LogP) is 6.55. The number of fused-ring (bicyclic) bond motifs is 2. The van der Waals surface area contributed by atoms with Crippen LogP contribution in [0.5, 0.6) is 11.5 Å². The summed E-state index contributed by atoms with van der Waals surface area (Å²) in [6, 6.07) is 1.24. The van der Waals surface area contributed by atoms with Crippen molar-refractivity contribution in [2.75, 3.05) is 0 Å². The number of carbonyl (C=O) groups is 2. The fraction of sp³-hybridized carbons (Fsp3) is 0.538. The molecule has 180 valence electrons. The summed E-state index contributed by atoms with van der Waals surface area (Å²) in [5.74, 6) is -1.73. The van der Waals surface area contributed by atoms with Crippen LogP contribution in [0, 0.1) is 6.92 Å². The Morgan fingerprint density at radius 3 is 2.45 bits per heavy atom. The summed E-state index contributed by atoms with van der Waals surface area (Å²) >= 11 is 10.7. The molecule has 7 heteroatoms. The maximum Gasteiger partial charge on any atom is 0.198 e. The second-order valence-electron chi connectivity index (χ2n) is 10.0. The minimum atomic E-state index is -1.71. The summed E-state index contributed by atoms with van der Waals surface area (Å²) in [6.45, 7) is 11.3. The molecule has 0 amide bonds. The molecule has 2 N–H and O–H groups in total. The largest absolute Gasteiger partial charge is 0.508 e. The Morgan fingerprint density at radius 2 is 1.85 bits per heavy atom. The topological polar surface area (TPSA) is 83.8 Å². The van der Waals surface area contributed by atoms with Crippen LogP contribution in [0.1, 0.15) is 86.6 Å². The monoisotopic (exact) mass is 538 g/mol. The molecule has 0 aromatic heterocycles. The standard InChI is InChI=1S/C26H32BrClO5/c1-14(2)8-7-9-15(3)10-11-26-22(31)17-12-18(29)16(4)21(30)20(17)23(32)25(26,28)13-19(27)24(5,6)33-26/h8,10,12,19,29-30H,7,9,11,13H2,1-6H3/b15-10+/t19-,25+,26+/m1/s1. The molecule has 1 aliphatic heterocycles. The summed E-state index contributed by atoms with van der Waals surface area (Å²) in [4.78, 5) is 25.8. The molecule has 0 radical (unpaired) electrons. The molecule has 33 heavy (non-hydrogen) atoms. The van der Waals surface area contributed by atoms with Crippen molar-refractivity contribution < 1.29 is 24.5 Å². The Labute approximate surface area is 209 Å². The van der Waals surface area contributed by atoms with Crippen molar-refractivity contribution in [1.29, 1.82) is 0 Å². The third-order valence-electron chi connectivity index (χ3n) is 6.85. The molecular formula is C26H32BrClO5. The molecule has 2 aliphatic rings. The Morgan fingerprint density at radius 1 is 1.21 bits per heavy atom. The molecule has 5 nitrogen and oxygen atoms in total. The van der Waals surface area contributed by atoms with Crippen molar-refractivity contribution in [3.05, 3.63) is 46.1 Å². The van der Waals surface area contributed by atoms with E-state index in [9.17, 15) is 19.8 Å². The number of carbonyl (C=O) groups excluding carboxylic acids is 2. The number of hydrogen-bond donors (Lipinski definition) is 2. The summed E-state index contributed by atoms with van der Waals surface area (Å²) in [7, 11) is 0. The first-order chi connectivity index (χ1) is 15.2. The number of ketones is 2. The van der Waals surface area contributed by atoms with Gasteiger partial charge in [0.25, 0.3) is 0 Å². The van der Waals surface area contributed by atoms with Crippen LogP contribution in [0.25, 0.3) is 0 Å². The number of allylic oxidation sites excluding steroid dienone is 3. The molecule has 1 aromatic carbocycles. The van der Waals surface area contributed by atoms with E-state index >= 15 is 0 Å². The maximum atomic E-state index is 14.0. The fourth-order valence-corrected chi connectivity index (χ4v) is 5.85. The quantitative estimate of drug-likeness (QED) is 0.328. The zero-order valence-corrected chi connectivity index (χ0v) is 22.4. The number of ether oxygens (including phenoxy) is 1. The van der Waals surface area contributed by atoms with Gasteiger partial charge in [0.1, 0.15) is 16.4 Å². The molecular weight excluding hydrogens is 508 g/mol. The van der Waals surface area contributed by atoms with E-state index in [0.717, 1.165) is 18.4 Å². The lowest BCUT2D eigenvalue weighted by Gasteiger charge is -2.56. The summed E-state index contributed by atoms with van der Waals surface area (Å²) in [5, 5.41) is 21.0. The number of benzene rings is 1. The molecule has 0 saturated carbocycles. The summed E-state index contributed by atoms with van der Waals surface area (Å²) in [5.41, 5.74) is -0.233. The smallest absolute Gasteiger partial charge is 0.198 e. The van der Waals surface area contributed by atoms with Crippen LogP contribution in [0.2, 0.25) is 0 Å². The summed E-state index contributed by atoms with van der Waals surface area (Å²) < 4.78 is 6.45.